The van der Waals surface area contributed by atoms with Crippen molar-refractivity contribution < 1.29 is 9.90 Å². The molecular weight excluding hydrogens is 168 g/mol. The van der Waals surface area contributed by atoms with Crippen molar-refractivity contribution in [3.63, 3.8) is 0 Å². The van der Waals surface area contributed by atoms with Crippen LogP contribution in [0, 0.1) is 22.7 Å². The summed E-state index contributed by atoms with van der Waals surface area (Å²) in [7, 11) is 0. The first kappa shape index (κ1) is 13.3. The molecule has 4 nitrogen and oxygen atoms in total. The van der Waals surface area contributed by atoms with E-state index in [0.717, 1.165) is 0 Å². The van der Waals surface area contributed by atoms with E-state index >= 15 is 0 Å². The van der Waals surface area contributed by atoms with Crippen molar-refractivity contribution >= 4 is 6.79 Å². The lowest BCUT2D eigenvalue weighted by molar-refractivity contribution is -0.0979. The van der Waals surface area contributed by atoms with Gasteiger partial charge in [-0.25, -0.2) is 0 Å². The van der Waals surface area contributed by atoms with E-state index in [2.05, 4.69) is 0 Å². The number of benzene rings is 1. The quantitative estimate of drug-likeness (QED) is 0.644. The summed E-state index contributed by atoms with van der Waals surface area (Å²) >= 11 is 0. The lowest BCUT2D eigenvalue weighted by atomic mass is 10.3. The number of aromatic hydroxyl groups is 1. The van der Waals surface area contributed by atoms with Gasteiger partial charge in [0.25, 0.3) is 0 Å². The average molecular weight is 176 g/mol. The van der Waals surface area contributed by atoms with Crippen molar-refractivity contribution in [2.45, 2.75) is 0 Å². The maximum absolute atomic E-state index is 8.63. The highest BCUT2D eigenvalue weighted by Gasteiger charge is 1.74. The van der Waals surface area contributed by atoms with Crippen LogP contribution in [0.15, 0.2) is 30.3 Å². The molecule has 0 saturated carbocycles. The fourth-order valence-electron chi connectivity index (χ4n) is 0.428. The van der Waals surface area contributed by atoms with Gasteiger partial charge in [0.05, 0.1) is 0 Å². The molecule has 1 N–H and O–H groups in total. The molecule has 1 aromatic carbocycles. The number of hydrogen-bond donors (Lipinski definition) is 1. The maximum Gasteiger partial charge on any atom is 0.181 e. The van der Waals surface area contributed by atoms with E-state index in [0.29, 0.717) is 5.75 Å². The van der Waals surface area contributed by atoms with E-state index < -0.39 is 0 Å². The molecule has 13 heavy (non-hydrogen) atoms. The Morgan fingerprint density at radius 3 is 1.62 bits per heavy atom. The van der Waals surface area contributed by atoms with Crippen LogP contribution in [-0.2, 0) is 4.79 Å². The molecular formula is C9H8N2O2. The van der Waals surface area contributed by atoms with Gasteiger partial charge >= 0.3 is 0 Å². The van der Waals surface area contributed by atoms with Gasteiger partial charge in [0.15, 0.2) is 12.1 Å². The Hall–Kier alpha value is -2.33. The summed E-state index contributed by atoms with van der Waals surface area (Å²) in [6.45, 7) is 2.00. The third-order valence-electron chi connectivity index (χ3n) is 0.806. The monoisotopic (exact) mass is 176 g/mol. The van der Waals surface area contributed by atoms with E-state index in [4.69, 9.17) is 20.4 Å². The van der Waals surface area contributed by atoms with Gasteiger partial charge in [-0.3, -0.25) is 0 Å². The normalized spacial score (nSPS) is 5.69. The molecule has 0 unspecified atom stereocenters. The molecule has 0 heterocycles. The second kappa shape index (κ2) is 12.4. The third kappa shape index (κ3) is 12.8. The first-order valence-corrected chi connectivity index (χ1v) is 3.12. The summed E-state index contributed by atoms with van der Waals surface area (Å²) < 4.78 is 0. The molecule has 0 amide bonds. The highest BCUT2D eigenvalue weighted by molar-refractivity contribution is 5.18. The Bertz CT molecular complexity index is 273. The molecule has 0 aliphatic rings. The van der Waals surface area contributed by atoms with Crippen LogP contribution in [0.2, 0.25) is 0 Å². The number of carbonyl (C=O) groups is 1. The molecule has 0 aliphatic carbocycles. The molecule has 0 fully saturated rings. The molecule has 0 saturated heterocycles. The number of nitrogens with zero attached hydrogens (tertiary/aromatic N) is 2. The number of nitriles is 2. The van der Waals surface area contributed by atoms with Crippen LogP contribution in [0.25, 0.3) is 0 Å². The van der Waals surface area contributed by atoms with Gasteiger partial charge in [-0.15, -0.1) is 0 Å². The Labute approximate surface area is 76.3 Å². The predicted octanol–water partition coefficient (Wildman–Crippen LogP) is 1.24. The Kier molecular flexibility index (Phi) is 12.6. The average Bonchev–Trinajstić information content (AvgIpc) is 2.22. The van der Waals surface area contributed by atoms with Gasteiger partial charge in [0.1, 0.15) is 12.5 Å². The van der Waals surface area contributed by atoms with E-state index in [1.807, 2.05) is 12.9 Å². The van der Waals surface area contributed by atoms with Crippen molar-refractivity contribution in [3.05, 3.63) is 30.3 Å². The highest BCUT2D eigenvalue weighted by atomic mass is 16.3. The highest BCUT2D eigenvalue weighted by Crippen LogP contribution is 2.02. The zero-order valence-electron chi connectivity index (χ0n) is 6.84. The van der Waals surface area contributed by atoms with Crippen molar-refractivity contribution in [1.29, 1.82) is 10.5 Å². The zero-order valence-corrected chi connectivity index (χ0v) is 6.84. The van der Waals surface area contributed by atoms with Crippen molar-refractivity contribution in [3.8, 4) is 17.9 Å². The SMILES string of the molecule is C=O.N#CC#N.Oc1ccccc1. The minimum absolute atomic E-state index is 0.322. The molecule has 1 rings (SSSR count). The van der Waals surface area contributed by atoms with Gasteiger partial charge in [0.2, 0.25) is 0 Å². The van der Waals surface area contributed by atoms with Crippen LogP contribution >= 0.6 is 0 Å². The summed E-state index contributed by atoms with van der Waals surface area (Å²) in [6, 6.07) is 11.2. The standard InChI is InChI=1S/C6H6O.C2N2.CH2O/c7-6-4-2-1-3-5-6;3-1-2-4;1-2/h1-5,7H;;1H2. The van der Waals surface area contributed by atoms with Gasteiger partial charge < -0.3 is 9.90 Å². The molecule has 4 heteroatoms. The van der Waals surface area contributed by atoms with Crippen LogP contribution in [0.1, 0.15) is 0 Å². The minimum atomic E-state index is 0.322. The maximum atomic E-state index is 8.63. The molecule has 0 spiro atoms. The molecule has 0 bridgehead atoms. The summed E-state index contributed by atoms with van der Waals surface area (Å²) in [5.74, 6) is 0.322. The number of phenols is 1. The summed E-state index contributed by atoms with van der Waals surface area (Å²) in [5, 5.41) is 23.2. The van der Waals surface area contributed by atoms with Crippen LogP contribution in [0.4, 0.5) is 0 Å². The summed E-state index contributed by atoms with van der Waals surface area (Å²) in [5.41, 5.74) is 0. The molecule has 1 aromatic rings. The van der Waals surface area contributed by atoms with E-state index in [9.17, 15) is 0 Å². The van der Waals surface area contributed by atoms with E-state index in [-0.39, 0.29) is 0 Å². The third-order valence-corrected chi connectivity index (χ3v) is 0.806. The first-order chi connectivity index (χ1) is 6.31. The number of hydrogen-bond acceptors (Lipinski definition) is 4. The van der Waals surface area contributed by atoms with Crippen LogP contribution in [-0.4, -0.2) is 11.9 Å². The Balaban J connectivity index is 0. The number of rotatable bonds is 0. The second-order valence-electron chi connectivity index (χ2n) is 1.56. The van der Waals surface area contributed by atoms with Crippen LogP contribution < -0.4 is 0 Å². The van der Waals surface area contributed by atoms with Crippen LogP contribution in [0.3, 0.4) is 0 Å². The smallest absolute Gasteiger partial charge is 0.181 e. The Morgan fingerprint density at radius 2 is 1.46 bits per heavy atom. The number of carbonyl (C=O) groups excluding carboxylic acids is 1. The predicted molar refractivity (Wildman–Crippen MR) is 46.5 cm³/mol. The topological polar surface area (TPSA) is 84.9 Å². The van der Waals surface area contributed by atoms with Crippen molar-refractivity contribution in [1.82, 2.24) is 0 Å². The molecule has 66 valence electrons. The second-order valence-corrected chi connectivity index (χ2v) is 1.56. The molecule has 0 radical (unpaired) electrons. The van der Waals surface area contributed by atoms with E-state index in [1.54, 1.807) is 24.3 Å². The first-order valence-electron chi connectivity index (χ1n) is 3.12. The fraction of sp³-hybridized carbons (Fsp3) is 0. The van der Waals surface area contributed by atoms with Gasteiger partial charge in [0, 0.05) is 0 Å². The van der Waals surface area contributed by atoms with Crippen molar-refractivity contribution in [2.75, 3.05) is 0 Å². The minimum Gasteiger partial charge on any atom is -0.508 e. The largest absolute Gasteiger partial charge is 0.508 e. The van der Waals surface area contributed by atoms with Gasteiger partial charge in [-0.1, -0.05) is 18.2 Å². The zero-order chi connectivity index (χ0) is 10.5. The molecule has 0 atom stereocenters. The van der Waals surface area contributed by atoms with E-state index in [1.165, 1.54) is 12.1 Å². The lowest BCUT2D eigenvalue weighted by Crippen LogP contribution is -1.56. The number of para-hydroxylation sites is 1. The van der Waals surface area contributed by atoms with Crippen LogP contribution in [0.5, 0.6) is 5.75 Å². The summed E-state index contributed by atoms with van der Waals surface area (Å²) in [6.07, 6.45) is 0. The molecule has 0 aliphatic heterocycles. The summed E-state index contributed by atoms with van der Waals surface area (Å²) in [4.78, 5) is 8.00. The van der Waals surface area contributed by atoms with Gasteiger partial charge in [-0.2, -0.15) is 10.5 Å². The number of phenolic OH excluding ortho intramolecular Hbond substituents is 1. The van der Waals surface area contributed by atoms with Crippen molar-refractivity contribution in [2.24, 2.45) is 0 Å². The lowest BCUT2D eigenvalue weighted by Gasteiger charge is -1.82. The van der Waals surface area contributed by atoms with Gasteiger partial charge in [-0.05, 0) is 12.1 Å². The Morgan fingerprint density at radius 1 is 1.08 bits per heavy atom. The fourth-order valence-corrected chi connectivity index (χ4v) is 0.428. The molecule has 0 aromatic heterocycles.